The number of hydrogen-bond acceptors (Lipinski definition) is 3. The molecule has 2 aromatic rings. The molecule has 0 unspecified atom stereocenters. The number of carbonyl (C=O) groups is 1. The Bertz CT molecular complexity index is 916. The summed E-state index contributed by atoms with van der Waals surface area (Å²) in [5.74, 6) is -0.740. The first-order valence-electron chi connectivity index (χ1n) is 6.89. The van der Waals surface area contributed by atoms with Crippen LogP contribution in [0.1, 0.15) is 19.4 Å². The number of anilines is 1. The van der Waals surface area contributed by atoms with Gasteiger partial charge < -0.3 is 15.5 Å². The Morgan fingerprint density at radius 2 is 1.67 bits per heavy atom. The molecule has 7 heteroatoms. The van der Waals surface area contributed by atoms with Crippen molar-refractivity contribution < 1.29 is 15.0 Å². The van der Waals surface area contributed by atoms with Gasteiger partial charge in [0, 0.05) is 6.92 Å². The molecule has 0 radical (unpaired) electrons. The van der Waals surface area contributed by atoms with E-state index in [1.807, 2.05) is 0 Å². The van der Waals surface area contributed by atoms with Gasteiger partial charge in [-0.1, -0.05) is 40.9 Å². The number of phenols is 2. The highest BCUT2D eigenvalue weighted by Crippen LogP contribution is 2.33. The molecule has 0 heterocycles. The first kappa shape index (κ1) is 18.5. The number of benzene rings is 2. The van der Waals surface area contributed by atoms with E-state index in [4.69, 9.17) is 34.8 Å². The molecule has 0 saturated carbocycles. The van der Waals surface area contributed by atoms with Gasteiger partial charge >= 0.3 is 0 Å². The van der Waals surface area contributed by atoms with E-state index in [-0.39, 0.29) is 38.2 Å². The van der Waals surface area contributed by atoms with E-state index in [2.05, 4.69) is 5.32 Å². The van der Waals surface area contributed by atoms with E-state index < -0.39 is 0 Å². The molecule has 0 spiro atoms. The van der Waals surface area contributed by atoms with Crippen LogP contribution in [0, 0.1) is 0 Å². The maximum atomic E-state index is 11.3. The molecule has 0 aliphatic heterocycles. The molecule has 0 saturated heterocycles. The number of aromatic hydroxyl groups is 2. The smallest absolute Gasteiger partial charge is 0.221 e. The highest BCUT2D eigenvalue weighted by atomic mass is 35.5. The number of carbonyl (C=O) groups excluding carboxylic acids is 1. The maximum Gasteiger partial charge on any atom is 0.221 e. The van der Waals surface area contributed by atoms with Gasteiger partial charge in [0.1, 0.15) is 0 Å². The Labute approximate surface area is 153 Å². The second-order valence-electron chi connectivity index (χ2n) is 5.04. The Morgan fingerprint density at radius 3 is 2.17 bits per heavy atom. The number of hydrogen-bond donors (Lipinski definition) is 3. The van der Waals surface area contributed by atoms with Crippen LogP contribution in [0.3, 0.4) is 0 Å². The zero-order valence-corrected chi connectivity index (χ0v) is 15.1. The minimum Gasteiger partial charge on any atom is -0.505 e. The van der Waals surface area contributed by atoms with Crippen molar-refractivity contribution in [3.8, 4) is 11.5 Å². The quantitative estimate of drug-likeness (QED) is 0.690. The van der Waals surface area contributed by atoms with Crippen LogP contribution in [0.25, 0.3) is 12.2 Å². The molecule has 4 nitrogen and oxygen atoms in total. The summed E-state index contributed by atoms with van der Waals surface area (Å²) in [6.07, 6.45) is 3.46. The van der Waals surface area contributed by atoms with Crippen molar-refractivity contribution in [3.63, 3.8) is 0 Å². The van der Waals surface area contributed by atoms with E-state index >= 15 is 0 Å². The monoisotopic (exact) mass is 385 g/mol. The Balaban J connectivity index is 2.78. The summed E-state index contributed by atoms with van der Waals surface area (Å²) in [5.41, 5.74) is 0.821. The number of phenolic OH excluding ortho intramolecular Hbond substituents is 2. The average molecular weight is 387 g/mol. The number of halogens is 3. The van der Waals surface area contributed by atoms with Crippen molar-refractivity contribution in [2.45, 2.75) is 13.8 Å². The molecule has 0 aliphatic rings. The molecule has 2 aromatic carbocycles. The SMILES string of the molecule is CC=c1c(Cl)c(O)c(NC(C)=O)cc1=Cc1cc(Cl)c(O)c(Cl)c1. The zero-order chi connectivity index (χ0) is 18.0. The molecule has 0 aliphatic carbocycles. The molecular weight excluding hydrogens is 373 g/mol. The van der Waals surface area contributed by atoms with Gasteiger partial charge in [0.2, 0.25) is 5.91 Å². The molecule has 24 heavy (non-hydrogen) atoms. The summed E-state index contributed by atoms with van der Waals surface area (Å²) in [6.45, 7) is 3.10. The minimum absolute atomic E-state index is 0.114. The summed E-state index contributed by atoms with van der Waals surface area (Å²) < 4.78 is 0. The standard InChI is InChI=1S/C17H14Cl3NO3/c1-3-11-10(4-9-5-12(18)16(23)13(19)6-9)7-14(21-8(2)22)17(24)15(11)20/h3-7,23-24H,1-2H3,(H,21,22). The van der Waals surface area contributed by atoms with E-state index in [1.165, 1.54) is 6.92 Å². The number of nitrogens with one attached hydrogen (secondary N) is 1. The lowest BCUT2D eigenvalue weighted by atomic mass is 10.1. The van der Waals surface area contributed by atoms with Gasteiger partial charge in [0.15, 0.2) is 11.5 Å². The maximum absolute atomic E-state index is 11.3. The third-order valence-electron chi connectivity index (χ3n) is 3.27. The molecule has 0 fully saturated rings. The van der Waals surface area contributed by atoms with Crippen molar-refractivity contribution in [2.24, 2.45) is 0 Å². The van der Waals surface area contributed by atoms with Crippen LogP contribution in [0.2, 0.25) is 15.1 Å². The highest BCUT2D eigenvalue weighted by molar-refractivity contribution is 6.37. The normalized spacial score (nSPS) is 12.5. The van der Waals surface area contributed by atoms with Crippen molar-refractivity contribution in [2.75, 3.05) is 5.32 Å². The fraction of sp³-hybridized carbons (Fsp3) is 0.118. The highest BCUT2D eigenvalue weighted by Gasteiger charge is 2.11. The second-order valence-corrected chi connectivity index (χ2v) is 6.23. The van der Waals surface area contributed by atoms with Crippen LogP contribution in [0.4, 0.5) is 5.69 Å². The summed E-state index contributed by atoms with van der Waals surface area (Å²) in [5, 5.41) is 23.8. The first-order valence-corrected chi connectivity index (χ1v) is 8.03. The Kier molecular flexibility index (Phi) is 5.65. The summed E-state index contributed by atoms with van der Waals surface area (Å²) >= 11 is 18.1. The first-order chi connectivity index (χ1) is 11.2. The van der Waals surface area contributed by atoms with Gasteiger partial charge in [-0.2, -0.15) is 0 Å². The number of amides is 1. The van der Waals surface area contributed by atoms with E-state index in [0.29, 0.717) is 16.0 Å². The van der Waals surface area contributed by atoms with E-state index in [0.717, 1.165) is 0 Å². The second kappa shape index (κ2) is 7.34. The zero-order valence-electron chi connectivity index (χ0n) is 12.8. The van der Waals surface area contributed by atoms with Crippen LogP contribution in [-0.4, -0.2) is 16.1 Å². The lowest BCUT2D eigenvalue weighted by molar-refractivity contribution is -0.114. The van der Waals surface area contributed by atoms with Crippen LogP contribution >= 0.6 is 34.8 Å². The minimum atomic E-state index is -0.337. The van der Waals surface area contributed by atoms with Crippen LogP contribution in [-0.2, 0) is 4.79 Å². The van der Waals surface area contributed by atoms with E-state index in [1.54, 1.807) is 37.3 Å². The molecule has 2 rings (SSSR count). The van der Waals surface area contributed by atoms with Gasteiger partial charge in [0.25, 0.3) is 0 Å². The van der Waals surface area contributed by atoms with Crippen LogP contribution < -0.4 is 15.8 Å². The van der Waals surface area contributed by atoms with Crippen molar-refractivity contribution in [1.82, 2.24) is 0 Å². The number of rotatable bonds is 2. The molecule has 1 amide bonds. The third-order valence-corrected chi connectivity index (χ3v) is 4.23. The molecule has 126 valence electrons. The van der Waals surface area contributed by atoms with Gasteiger partial charge in [0.05, 0.1) is 20.8 Å². The van der Waals surface area contributed by atoms with Crippen molar-refractivity contribution in [3.05, 3.63) is 49.3 Å². The molecule has 3 N–H and O–H groups in total. The van der Waals surface area contributed by atoms with Crippen molar-refractivity contribution >= 4 is 58.5 Å². The average Bonchev–Trinajstić information content (AvgIpc) is 2.50. The fourth-order valence-electron chi connectivity index (χ4n) is 2.22. The van der Waals surface area contributed by atoms with Crippen molar-refractivity contribution in [1.29, 1.82) is 0 Å². The van der Waals surface area contributed by atoms with Crippen LogP contribution in [0.15, 0.2) is 18.2 Å². The van der Waals surface area contributed by atoms with Gasteiger partial charge in [-0.25, -0.2) is 0 Å². The Hall–Kier alpha value is -1.88. The molecule has 0 aromatic heterocycles. The summed E-state index contributed by atoms with van der Waals surface area (Å²) in [7, 11) is 0. The largest absolute Gasteiger partial charge is 0.505 e. The summed E-state index contributed by atoms with van der Waals surface area (Å²) in [6, 6.07) is 4.68. The van der Waals surface area contributed by atoms with Crippen LogP contribution in [0.5, 0.6) is 11.5 Å². The predicted molar refractivity (Wildman–Crippen MR) is 98.5 cm³/mol. The summed E-state index contributed by atoms with van der Waals surface area (Å²) in [4.78, 5) is 11.3. The fourth-order valence-corrected chi connectivity index (χ4v) is 3.04. The molecular formula is C17H14Cl3NO3. The molecule has 0 atom stereocenters. The predicted octanol–water partition coefficient (Wildman–Crippen LogP) is 3.65. The van der Waals surface area contributed by atoms with Gasteiger partial charge in [-0.3, -0.25) is 4.79 Å². The van der Waals surface area contributed by atoms with Gasteiger partial charge in [-0.15, -0.1) is 0 Å². The lowest BCUT2D eigenvalue weighted by Gasteiger charge is -2.08. The lowest BCUT2D eigenvalue weighted by Crippen LogP contribution is -2.27. The van der Waals surface area contributed by atoms with E-state index in [9.17, 15) is 15.0 Å². The third kappa shape index (κ3) is 3.78. The molecule has 0 bridgehead atoms. The van der Waals surface area contributed by atoms with Gasteiger partial charge in [-0.05, 0) is 47.2 Å². The topological polar surface area (TPSA) is 69.6 Å². The Morgan fingerprint density at radius 1 is 1.08 bits per heavy atom.